The molecular weight excluding hydrogens is 286 g/mol. The zero-order chi connectivity index (χ0) is 16.7. The fraction of sp³-hybridized carbons (Fsp3) is 1.00. The summed E-state index contributed by atoms with van der Waals surface area (Å²) in [6.07, 6.45) is 3.18. The second-order valence-electron chi connectivity index (χ2n) is 8.08. The summed E-state index contributed by atoms with van der Waals surface area (Å²) in [7, 11) is -3.17. The van der Waals surface area contributed by atoms with E-state index in [1.807, 2.05) is 13.8 Å². The highest BCUT2D eigenvalue weighted by atomic mass is 32.2. The summed E-state index contributed by atoms with van der Waals surface area (Å²) in [5, 5.41) is 3.49. The van der Waals surface area contributed by atoms with Crippen molar-refractivity contribution >= 4 is 9.84 Å². The molecule has 1 saturated heterocycles. The van der Waals surface area contributed by atoms with Gasteiger partial charge in [0.25, 0.3) is 0 Å². The standard InChI is InChI=1S/C16H33NO3S/c1-9-10-17-13(16(6,7)21(8,18)19)12-11-14(2,3)20-15(12,4)5/h12-13,17H,9-11H2,1-8H3. The molecule has 0 amide bonds. The average Bonchev–Trinajstić information content (AvgIpc) is 2.45. The molecule has 0 bridgehead atoms. The van der Waals surface area contributed by atoms with Crippen LogP contribution in [0.2, 0.25) is 0 Å². The SMILES string of the molecule is CCCNC(C1CC(C)(C)OC1(C)C)C(C)(C)S(C)(=O)=O. The molecule has 21 heavy (non-hydrogen) atoms. The first-order chi connectivity index (χ1) is 9.24. The maximum absolute atomic E-state index is 12.3. The molecule has 1 aliphatic heterocycles. The highest BCUT2D eigenvalue weighted by molar-refractivity contribution is 7.92. The van der Waals surface area contributed by atoms with E-state index < -0.39 is 14.6 Å². The Morgan fingerprint density at radius 3 is 2.14 bits per heavy atom. The molecule has 126 valence electrons. The number of hydrogen-bond acceptors (Lipinski definition) is 4. The number of hydrogen-bond donors (Lipinski definition) is 1. The van der Waals surface area contributed by atoms with E-state index in [9.17, 15) is 8.42 Å². The Bertz CT molecular complexity index is 466. The van der Waals surface area contributed by atoms with Crippen molar-refractivity contribution in [2.45, 2.75) is 83.3 Å². The van der Waals surface area contributed by atoms with Gasteiger partial charge in [-0.15, -0.1) is 0 Å². The van der Waals surface area contributed by atoms with Crippen LogP contribution < -0.4 is 5.32 Å². The van der Waals surface area contributed by atoms with Gasteiger partial charge in [-0.3, -0.25) is 0 Å². The first-order valence-corrected chi connectivity index (χ1v) is 9.77. The van der Waals surface area contributed by atoms with E-state index in [4.69, 9.17) is 4.74 Å². The zero-order valence-corrected chi connectivity index (χ0v) is 15.7. The number of rotatable bonds is 6. The third-order valence-corrected chi connectivity index (χ3v) is 7.03. The van der Waals surface area contributed by atoms with E-state index in [2.05, 4.69) is 39.9 Å². The van der Waals surface area contributed by atoms with Crippen LogP contribution in [0.1, 0.15) is 61.3 Å². The van der Waals surface area contributed by atoms with Gasteiger partial charge in [-0.1, -0.05) is 6.92 Å². The Morgan fingerprint density at radius 2 is 1.81 bits per heavy atom. The molecule has 1 N–H and O–H groups in total. The third-order valence-electron chi connectivity index (χ3n) is 4.87. The summed E-state index contributed by atoms with van der Waals surface area (Å²) in [6, 6.07) is -0.121. The maximum atomic E-state index is 12.3. The van der Waals surface area contributed by atoms with Crippen LogP contribution in [0.3, 0.4) is 0 Å². The number of ether oxygens (including phenoxy) is 1. The van der Waals surface area contributed by atoms with Gasteiger partial charge < -0.3 is 10.1 Å². The van der Waals surface area contributed by atoms with Crippen LogP contribution in [-0.2, 0) is 14.6 Å². The molecular formula is C16H33NO3S. The van der Waals surface area contributed by atoms with Crippen molar-refractivity contribution in [2.24, 2.45) is 5.92 Å². The molecule has 2 atom stereocenters. The normalized spacial score (nSPS) is 26.8. The Balaban J connectivity index is 3.21. The zero-order valence-electron chi connectivity index (χ0n) is 14.9. The third kappa shape index (κ3) is 3.99. The van der Waals surface area contributed by atoms with Crippen LogP contribution in [0.15, 0.2) is 0 Å². The van der Waals surface area contributed by atoms with E-state index in [1.165, 1.54) is 6.26 Å². The first kappa shape index (κ1) is 18.9. The molecule has 1 fully saturated rings. The quantitative estimate of drug-likeness (QED) is 0.818. The van der Waals surface area contributed by atoms with Crippen molar-refractivity contribution < 1.29 is 13.2 Å². The summed E-state index contributed by atoms with van der Waals surface area (Å²) < 4.78 is 30.0. The fourth-order valence-electron chi connectivity index (χ4n) is 3.53. The lowest BCUT2D eigenvalue weighted by Gasteiger charge is -2.41. The van der Waals surface area contributed by atoms with Crippen molar-refractivity contribution in [2.75, 3.05) is 12.8 Å². The summed E-state index contributed by atoms with van der Waals surface area (Å²) in [5.41, 5.74) is -0.551. The fourth-order valence-corrected chi connectivity index (χ4v) is 4.24. The number of sulfone groups is 1. The van der Waals surface area contributed by atoms with E-state index in [0.29, 0.717) is 0 Å². The molecule has 0 aromatic carbocycles. The Kier molecular flexibility index (Phi) is 5.24. The summed E-state index contributed by atoms with van der Waals surface area (Å²) in [4.78, 5) is 0. The number of nitrogens with one attached hydrogen (secondary N) is 1. The molecule has 2 unspecified atom stereocenters. The summed E-state index contributed by atoms with van der Waals surface area (Å²) in [6.45, 7) is 14.9. The van der Waals surface area contributed by atoms with Gasteiger partial charge in [-0.25, -0.2) is 8.42 Å². The van der Waals surface area contributed by atoms with Crippen molar-refractivity contribution in [3.8, 4) is 0 Å². The molecule has 0 aromatic rings. The lowest BCUT2D eigenvalue weighted by molar-refractivity contribution is -0.0786. The molecule has 1 rings (SSSR count). The first-order valence-electron chi connectivity index (χ1n) is 7.88. The molecule has 0 radical (unpaired) electrons. The van der Waals surface area contributed by atoms with Gasteiger partial charge in [0.1, 0.15) is 0 Å². The predicted octanol–water partition coefficient (Wildman–Crippen LogP) is 2.77. The predicted molar refractivity (Wildman–Crippen MR) is 88.4 cm³/mol. The van der Waals surface area contributed by atoms with E-state index in [-0.39, 0.29) is 23.2 Å². The minimum absolute atomic E-state index is 0.121. The topological polar surface area (TPSA) is 55.4 Å². The van der Waals surface area contributed by atoms with Crippen LogP contribution in [0, 0.1) is 5.92 Å². The van der Waals surface area contributed by atoms with Crippen LogP contribution >= 0.6 is 0 Å². The van der Waals surface area contributed by atoms with Crippen LogP contribution in [-0.4, -0.2) is 43.2 Å². The van der Waals surface area contributed by atoms with Crippen LogP contribution in [0.5, 0.6) is 0 Å². The molecule has 1 heterocycles. The Labute approximate surface area is 130 Å². The van der Waals surface area contributed by atoms with Gasteiger partial charge in [-0.2, -0.15) is 0 Å². The monoisotopic (exact) mass is 319 g/mol. The van der Waals surface area contributed by atoms with Crippen LogP contribution in [0.4, 0.5) is 0 Å². The van der Waals surface area contributed by atoms with Gasteiger partial charge in [-0.05, 0) is 60.9 Å². The minimum atomic E-state index is -3.17. The van der Waals surface area contributed by atoms with Crippen molar-refractivity contribution in [1.29, 1.82) is 0 Å². The second kappa shape index (κ2) is 5.82. The van der Waals surface area contributed by atoms with Crippen LogP contribution in [0.25, 0.3) is 0 Å². The second-order valence-corrected chi connectivity index (χ2v) is 10.7. The van der Waals surface area contributed by atoms with Gasteiger partial charge in [0.2, 0.25) is 0 Å². The molecule has 5 heteroatoms. The lowest BCUT2D eigenvalue weighted by atomic mass is 9.77. The highest BCUT2D eigenvalue weighted by Crippen LogP contribution is 2.46. The lowest BCUT2D eigenvalue weighted by Crippen LogP contribution is -2.58. The molecule has 0 spiro atoms. The smallest absolute Gasteiger partial charge is 0.154 e. The van der Waals surface area contributed by atoms with E-state index in [1.54, 1.807) is 0 Å². The largest absolute Gasteiger partial charge is 0.369 e. The van der Waals surface area contributed by atoms with Crippen molar-refractivity contribution in [3.63, 3.8) is 0 Å². The van der Waals surface area contributed by atoms with Gasteiger partial charge >= 0.3 is 0 Å². The molecule has 0 saturated carbocycles. The summed E-state index contributed by atoms with van der Waals surface area (Å²) in [5.74, 6) is 0.156. The Hall–Kier alpha value is -0.130. The van der Waals surface area contributed by atoms with E-state index >= 15 is 0 Å². The molecule has 0 aromatic heterocycles. The van der Waals surface area contributed by atoms with Crippen molar-refractivity contribution in [3.05, 3.63) is 0 Å². The maximum Gasteiger partial charge on any atom is 0.154 e. The van der Waals surface area contributed by atoms with Gasteiger partial charge in [0, 0.05) is 18.2 Å². The molecule has 0 aliphatic carbocycles. The van der Waals surface area contributed by atoms with E-state index in [0.717, 1.165) is 19.4 Å². The minimum Gasteiger partial charge on any atom is -0.369 e. The highest BCUT2D eigenvalue weighted by Gasteiger charge is 2.54. The van der Waals surface area contributed by atoms with Crippen molar-refractivity contribution in [1.82, 2.24) is 5.32 Å². The van der Waals surface area contributed by atoms with Gasteiger partial charge in [0.15, 0.2) is 9.84 Å². The average molecular weight is 320 g/mol. The molecule has 1 aliphatic rings. The summed E-state index contributed by atoms with van der Waals surface area (Å²) >= 11 is 0. The molecule has 4 nitrogen and oxygen atoms in total. The van der Waals surface area contributed by atoms with Gasteiger partial charge in [0.05, 0.1) is 15.9 Å². The Morgan fingerprint density at radius 1 is 1.29 bits per heavy atom.